The molecule has 1 aliphatic carbocycles. The Bertz CT molecular complexity index is 1490. The van der Waals surface area contributed by atoms with Gasteiger partial charge in [0, 0.05) is 40.6 Å². The van der Waals surface area contributed by atoms with Crippen molar-refractivity contribution >= 4 is 35.1 Å². The number of esters is 1. The van der Waals surface area contributed by atoms with Crippen LogP contribution in [0.5, 0.6) is 11.5 Å². The number of amides is 1. The molecule has 9 nitrogen and oxygen atoms in total. The largest absolute Gasteiger partial charge is 0.493 e. The molecule has 0 bridgehead atoms. The lowest BCUT2D eigenvalue weighted by Crippen LogP contribution is -2.29. The zero-order valence-corrected chi connectivity index (χ0v) is 24.1. The van der Waals surface area contributed by atoms with E-state index in [0.717, 1.165) is 11.1 Å². The van der Waals surface area contributed by atoms with Crippen LogP contribution in [0, 0.1) is 0 Å². The Morgan fingerprint density at radius 2 is 1.59 bits per heavy atom. The zero-order valence-electron chi connectivity index (χ0n) is 22.6. The molecule has 0 spiro atoms. The Labute approximate surface area is 247 Å². The van der Waals surface area contributed by atoms with E-state index in [1.54, 1.807) is 6.92 Å². The van der Waals surface area contributed by atoms with Crippen LogP contribution in [0.25, 0.3) is 0 Å². The van der Waals surface area contributed by atoms with E-state index in [4.69, 9.17) is 37.2 Å². The topological polar surface area (TPSA) is 116 Å². The van der Waals surface area contributed by atoms with Gasteiger partial charge in [-0.15, -0.1) is 0 Å². The Morgan fingerprint density at radius 3 is 2.15 bits per heavy atom. The van der Waals surface area contributed by atoms with Gasteiger partial charge in [0.1, 0.15) is 0 Å². The molecule has 2 heterocycles. The van der Waals surface area contributed by atoms with Crippen LogP contribution in [-0.2, 0) is 4.79 Å². The van der Waals surface area contributed by atoms with Gasteiger partial charge in [-0.1, -0.05) is 59.5 Å². The van der Waals surface area contributed by atoms with E-state index in [0.29, 0.717) is 28.2 Å². The molecule has 1 N–H and O–H groups in total. The van der Waals surface area contributed by atoms with E-state index in [2.05, 4.69) is 20.4 Å². The number of hydrogen-bond donors (Lipinski definition) is 1. The summed E-state index contributed by atoms with van der Waals surface area (Å²) < 4.78 is 16.4. The minimum atomic E-state index is -0.631. The zero-order chi connectivity index (χ0) is 29.1. The number of nitrogens with zero attached hydrogens (tertiary/aromatic N) is 3. The first kappa shape index (κ1) is 28.6. The Morgan fingerprint density at radius 1 is 0.976 bits per heavy atom. The average molecular weight is 595 g/mol. The number of pyridine rings is 1. The van der Waals surface area contributed by atoms with Crippen LogP contribution in [0.3, 0.4) is 0 Å². The molecule has 1 fully saturated rings. The first-order chi connectivity index (χ1) is 19.8. The van der Waals surface area contributed by atoms with Gasteiger partial charge in [0.05, 0.1) is 19.1 Å². The molecule has 0 radical (unpaired) electrons. The summed E-state index contributed by atoms with van der Waals surface area (Å²) in [5.41, 5.74) is 2.13. The van der Waals surface area contributed by atoms with Crippen molar-refractivity contribution < 1.29 is 23.6 Å². The van der Waals surface area contributed by atoms with Crippen LogP contribution in [-0.4, -0.2) is 34.1 Å². The number of rotatable bonds is 10. The number of aromatic nitrogens is 3. The fourth-order valence-electron chi connectivity index (χ4n) is 4.93. The van der Waals surface area contributed by atoms with E-state index >= 15 is 0 Å². The fraction of sp³-hybridized carbons (Fsp3) is 0.300. The van der Waals surface area contributed by atoms with Gasteiger partial charge in [-0.3, -0.25) is 9.59 Å². The van der Waals surface area contributed by atoms with Gasteiger partial charge >= 0.3 is 5.97 Å². The van der Waals surface area contributed by atoms with Crippen molar-refractivity contribution in [1.82, 2.24) is 20.4 Å². The number of halogens is 2. The quantitative estimate of drug-likeness (QED) is 0.203. The lowest BCUT2D eigenvalue weighted by Gasteiger charge is -2.14. The predicted molar refractivity (Wildman–Crippen MR) is 153 cm³/mol. The molecule has 1 aliphatic rings. The van der Waals surface area contributed by atoms with E-state index < -0.39 is 17.9 Å². The van der Waals surface area contributed by atoms with Gasteiger partial charge in [-0.2, -0.15) is 4.98 Å². The third-order valence-electron chi connectivity index (χ3n) is 6.98. The molecular formula is C30H28Cl2N4O5. The van der Waals surface area contributed by atoms with Crippen LogP contribution in [0.2, 0.25) is 10.0 Å². The SMILES string of the molecule is CCCC(=O)Oc1c(OC)ccnc1C(=O)N[C@@H](C)c1noc(C2C(c3ccc(Cl)cc3)C2c2ccc(Cl)cc2)n1. The number of ether oxygens (including phenoxy) is 2. The number of hydrogen-bond acceptors (Lipinski definition) is 8. The fourth-order valence-corrected chi connectivity index (χ4v) is 5.18. The number of nitrogens with one attached hydrogen (secondary N) is 1. The summed E-state index contributed by atoms with van der Waals surface area (Å²) in [5.74, 6) is 0.0326. The summed E-state index contributed by atoms with van der Waals surface area (Å²) in [7, 11) is 1.42. The van der Waals surface area contributed by atoms with Crippen molar-refractivity contribution in [3.8, 4) is 11.5 Å². The smallest absolute Gasteiger partial charge is 0.311 e. The third kappa shape index (κ3) is 6.21. The second-order valence-corrected chi connectivity index (χ2v) is 10.7. The molecule has 4 aromatic rings. The van der Waals surface area contributed by atoms with Crippen LogP contribution in [0.1, 0.15) is 83.8 Å². The number of methoxy groups -OCH3 is 1. The van der Waals surface area contributed by atoms with E-state index in [-0.39, 0.29) is 41.4 Å². The normalized spacial score (nSPS) is 18.4. The van der Waals surface area contributed by atoms with Crippen molar-refractivity contribution in [3.05, 3.63) is 99.4 Å². The summed E-state index contributed by atoms with van der Waals surface area (Å²) in [6.07, 6.45) is 2.19. The minimum absolute atomic E-state index is 0.0402. The highest BCUT2D eigenvalue weighted by Gasteiger charge is 2.55. The standard InChI is InChI=1S/C30H28Cl2N4O5/c1-4-5-22(37)40-27-21(39-3)14-15-33-26(27)29(38)34-16(2)28-35-30(41-36-28)25-23(17-6-10-19(31)11-7-17)24(25)18-8-12-20(32)13-9-18/h6-16,23-25H,4-5H2,1-3H3,(H,34,38)/t16-,23?,24?,25?/m0/s1. The lowest BCUT2D eigenvalue weighted by molar-refractivity contribution is -0.134. The van der Waals surface area contributed by atoms with Gasteiger partial charge in [-0.05, 0) is 48.7 Å². The molecule has 5 rings (SSSR count). The van der Waals surface area contributed by atoms with Gasteiger partial charge < -0.3 is 19.3 Å². The number of benzene rings is 2. The monoisotopic (exact) mass is 594 g/mol. The molecule has 2 aromatic carbocycles. The summed E-state index contributed by atoms with van der Waals surface area (Å²) in [6, 6.07) is 16.3. The third-order valence-corrected chi connectivity index (χ3v) is 7.48. The van der Waals surface area contributed by atoms with Crippen molar-refractivity contribution in [3.63, 3.8) is 0 Å². The molecular weight excluding hydrogens is 567 g/mol. The first-order valence-corrected chi connectivity index (χ1v) is 13.9. The van der Waals surface area contributed by atoms with Crippen molar-refractivity contribution in [1.29, 1.82) is 0 Å². The van der Waals surface area contributed by atoms with Gasteiger partial charge in [0.15, 0.2) is 17.3 Å². The van der Waals surface area contributed by atoms with E-state index in [1.165, 1.54) is 19.4 Å². The molecule has 11 heteroatoms. The minimum Gasteiger partial charge on any atom is -0.493 e. The number of carbonyl (C=O) groups excluding carboxylic acids is 2. The molecule has 2 aromatic heterocycles. The molecule has 1 saturated carbocycles. The summed E-state index contributed by atoms with van der Waals surface area (Å²) in [4.78, 5) is 34.2. The molecule has 2 unspecified atom stereocenters. The van der Waals surface area contributed by atoms with Crippen molar-refractivity contribution in [2.75, 3.05) is 7.11 Å². The van der Waals surface area contributed by atoms with Gasteiger partial charge in [0.25, 0.3) is 5.91 Å². The Hall–Kier alpha value is -3.95. The lowest BCUT2D eigenvalue weighted by atomic mass is 10.0. The second kappa shape index (κ2) is 12.3. The van der Waals surface area contributed by atoms with E-state index in [1.807, 2.05) is 55.5 Å². The molecule has 41 heavy (non-hydrogen) atoms. The van der Waals surface area contributed by atoms with Gasteiger partial charge in [0.2, 0.25) is 11.6 Å². The van der Waals surface area contributed by atoms with E-state index in [9.17, 15) is 9.59 Å². The van der Waals surface area contributed by atoms with Crippen LogP contribution in [0.4, 0.5) is 0 Å². The van der Waals surface area contributed by atoms with Crippen LogP contribution < -0.4 is 14.8 Å². The average Bonchev–Trinajstić information content (AvgIpc) is 3.50. The Kier molecular flexibility index (Phi) is 8.56. The maximum atomic E-state index is 13.2. The predicted octanol–water partition coefficient (Wildman–Crippen LogP) is 6.64. The van der Waals surface area contributed by atoms with Crippen molar-refractivity contribution in [2.45, 2.75) is 50.5 Å². The number of carbonyl (C=O) groups is 2. The maximum absolute atomic E-state index is 13.2. The second-order valence-electron chi connectivity index (χ2n) is 9.78. The van der Waals surface area contributed by atoms with Crippen LogP contribution >= 0.6 is 23.2 Å². The first-order valence-electron chi connectivity index (χ1n) is 13.2. The van der Waals surface area contributed by atoms with Gasteiger partial charge in [-0.25, -0.2) is 4.98 Å². The van der Waals surface area contributed by atoms with Crippen molar-refractivity contribution in [2.24, 2.45) is 0 Å². The maximum Gasteiger partial charge on any atom is 0.311 e. The molecule has 1 amide bonds. The summed E-state index contributed by atoms with van der Waals surface area (Å²) >= 11 is 12.2. The highest BCUT2D eigenvalue weighted by Crippen LogP contribution is 2.65. The summed E-state index contributed by atoms with van der Waals surface area (Å²) in [6.45, 7) is 3.59. The van der Waals surface area contributed by atoms with Crippen LogP contribution in [0.15, 0.2) is 65.3 Å². The molecule has 0 saturated heterocycles. The Balaban J connectivity index is 1.36. The molecule has 212 valence electrons. The highest BCUT2D eigenvalue weighted by molar-refractivity contribution is 6.30. The highest BCUT2D eigenvalue weighted by atomic mass is 35.5. The molecule has 0 aliphatic heterocycles. The summed E-state index contributed by atoms with van der Waals surface area (Å²) in [5, 5.41) is 8.30. The molecule has 3 atom stereocenters.